The first-order valence-electron chi connectivity index (χ1n) is 9.06. The van der Waals surface area contributed by atoms with Gasteiger partial charge in [-0.25, -0.2) is 0 Å². The molecule has 1 N–H and O–H groups in total. The molecule has 0 spiro atoms. The van der Waals surface area contributed by atoms with Crippen molar-refractivity contribution in [3.63, 3.8) is 0 Å². The molecule has 0 bridgehead atoms. The quantitative estimate of drug-likeness (QED) is 0.681. The average Bonchev–Trinajstić information content (AvgIpc) is 3.15. The number of carbonyl (C=O) groups is 1. The largest absolute Gasteiger partial charge is 0.755 e. The number of carbonyl (C=O) groups excluding carboxylic acids is 1. The van der Waals surface area contributed by atoms with Crippen LogP contribution in [0.5, 0.6) is 5.75 Å². The van der Waals surface area contributed by atoms with Crippen LogP contribution in [0.15, 0.2) is 18.2 Å². The molecule has 29 heavy (non-hydrogen) atoms. The third kappa shape index (κ3) is 6.29. The van der Waals surface area contributed by atoms with Crippen molar-refractivity contribution in [2.75, 3.05) is 50.7 Å². The van der Waals surface area contributed by atoms with Crippen LogP contribution in [0.2, 0.25) is 0 Å². The fourth-order valence-electron chi connectivity index (χ4n) is 3.45. The predicted octanol–water partition coefficient (Wildman–Crippen LogP) is 1.59. The first-order chi connectivity index (χ1) is 13.7. The first-order valence-corrected chi connectivity index (χ1v) is 10.1. The summed E-state index contributed by atoms with van der Waals surface area (Å²) in [4.78, 5) is 16.5. The zero-order valence-electron chi connectivity index (χ0n) is 15.4. The molecule has 3 rings (SSSR count). The van der Waals surface area contributed by atoms with Gasteiger partial charge in [0.1, 0.15) is 0 Å². The van der Waals surface area contributed by atoms with E-state index < -0.39 is 35.0 Å². The SMILES string of the molecule is O=C(c1ccc(NS(=O)[O-])c(OC(F)(F)F)c1)N1CCN(CC2CCOC2)CC1. The number of ether oxygens (including phenoxy) is 2. The summed E-state index contributed by atoms with van der Waals surface area (Å²) in [5, 5.41) is 0. The van der Waals surface area contributed by atoms with Gasteiger partial charge in [0.25, 0.3) is 5.91 Å². The first kappa shape index (κ1) is 21.8. The number of nitrogens with one attached hydrogen (secondary N) is 1. The molecule has 2 saturated heterocycles. The van der Waals surface area contributed by atoms with Crippen LogP contribution in [-0.4, -0.2) is 76.8 Å². The maximum Gasteiger partial charge on any atom is 0.573 e. The molecule has 0 radical (unpaired) electrons. The number of benzene rings is 1. The fraction of sp³-hybridized carbons (Fsp3) is 0.588. The third-order valence-corrected chi connectivity index (χ3v) is 5.23. The van der Waals surface area contributed by atoms with E-state index in [4.69, 9.17) is 4.74 Å². The van der Waals surface area contributed by atoms with Crippen molar-refractivity contribution in [3.8, 4) is 5.75 Å². The van der Waals surface area contributed by atoms with Crippen LogP contribution in [0.25, 0.3) is 0 Å². The lowest BCUT2D eigenvalue weighted by Gasteiger charge is -2.35. The second-order valence-corrected chi connectivity index (χ2v) is 7.59. The second kappa shape index (κ2) is 9.28. The van der Waals surface area contributed by atoms with Gasteiger partial charge in [-0.15, -0.1) is 13.2 Å². The molecule has 2 fully saturated rings. The molecule has 2 heterocycles. The summed E-state index contributed by atoms with van der Waals surface area (Å²) >= 11 is -2.84. The Morgan fingerprint density at radius 1 is 1.31 bits per heavy atom. The van der Waals surface area contributed by atoms with Crippen LogP contribution in [0.3, 0.4) is 0 Å². The second-order valence-electron chi connectivity index (χ2n) is 6.92. The lowest BCUT2D eigenvalue weighted by molar-refractivity contribution is -0.274. The maximum absolute atomic E-state index is 12.7. The van der Waals surface area contributed by atoms with Crippen molar-refractivity contribution in [1.82, 2.24) is 9.80 Å². The monoisotopic (exact) mass is 436 g/mol. The van der Waals surface area contributed by atoms with E-state index in [1.807, 2.05) is 4.72 Å². The molecule has 1 aromatic rings. The number of hydrogen-bond donors (Lipinski definition) is 1. The summed E-state index contributed by atoms with van der Waals surface area (Å²) in [5.41, 5.74) is -0.417. The molecular weight excluding hydrogens is 415 g/mol. The van der Waals surface area contributed by atoms with Crippen LogP contribution in [0.1, 0.15) is 16.8 Å². The van der Waals surface area contributed by atoms with E-state index in [2.05, 4.69) is 9.64 Å². The predicted molar refractivity (Wildman–Crippen MR) is 96.9 cm³/mol. The van der Waals surface area contributed by atoms with E-state index in [1.165, 1.54) is 6.07 Å². The zero-order chi connectivity index (χ0) is 21.0. The third-order valence-electron chi connectivity index (χ3n) is 4.85. The van der Waals surface area contributed by atoms with Crippen molar-refractivity contribution in [1.29, 1.82) is 0 Å². The van der Waals surface area contributed by atoms with Crippen molar-refractivity contribution in [3.05, 3.63) is 23.8 Å². The van der Waals surface area contributed by atoms with Crippen molar-refractivity contribution in [2.45, 2.75) is 12.8 Å². The van der Waals surface area contributed by atoms with Gasteiger partial charge in [-0.3, -0.25) is 13.9 Å². The lowest BCUT2D eigenvalue weighted by atomic mass is 10.1. The summed E-state index contributed by atoms with van der Waals surface area (Å²) in [6.07, 6.45) is -4.01. The molecule has 1 amide bonds. The molecule has 2 unspecified atom stereocenters. The Bertz CT molecular complexity index is 750. The molecule has 0 aliphatic carbocycles. The zero-order valence-corrected chi connectivity index (χ0v) is 16.3. The number of piperazine rings is 1. The lowest BCUT2D eigenvalue weighted by Crippen LogP contribution is -2.49. The summed E-state index contributed by atoms with van der Waals surface area (Å²) < 4.78 is 70.5. The minimum atomic E-state index is -5.03. The molecule has 1 aromatic carbocycles. The highest BCUT2D eigenvalue weighted by Crippen LogP contribution is 2.32. The number of rotatable bonds is 6. The van der Waals surface area contributed by atoms with Gasteiger partial charge >= 0.3 is 6.36 Å². The molecule has 2 atom stereocenters. The topological polar surface area (TPSA) is 94.2 Å². The molecule has 2 aliphatic rings. The Morgan fingerprint density at radius 3 is 2.62 bits per heavy atom. The molecule has 0 saturated carbocycles. The van der Waals surface area contributed by atoms with E-state index >= 15 is 0 Å². The van der Waals surface area contributed by atoms with E-state index in [1.54, 1.807) is 4.90 Å². The van der Waals surface area contributed by atoms with Crippen LogP contribution < -0.4 is 9.46 Å². The summed E-state index contributed by atoms with van der Waals surface area (Å²) in [6, 6.07) is 3.23. The van der Waals surface area contributed by atoms with Crippen molar-refractivity contribution < 1.29 is 36.2 Å². The Kier molecular flexibility index (Phi) is 6.98. The van der Waals surface area contributed by atoms with Crippen LogP contribution in [-0.2, 0) is 16.0 Å². The Balaban J connectivity index is 1.65. The molecule has 2 aliphatic heterocycles. The van der Waals surface area contributed by atoms with E-state index in [0.29, 0.717) is 32.1 Å². The molecule has 8 nitrogen and oxygen atoms in total. The highest BCUT2D eigenvalue weighted by molar-refractivity contribution is 7.80. The van der Waals surface area contributed by atoms with Gasteiger partial charge in [0, 0.05) is 56.2 Å². The number of nitrogens with zero attached hydrogens (tertiary/aromatic N) is 2. The minimum absolute atomic E-state index is 0.0101. The van der Waals surface area contributed by atoms with E-state index in [9.17, 15) is 26.7 Å². The molecule has 162 valence electrons. The van der Waals surface area contributed by atoms with Gasteiger partial charge in [-0.05, 0) is 30.5 Å². The standard InChI is InChI=1S/C17H22F3N3O5S/c18-17(19,20)28-15-9-13(1-2-14(15)21-29(25)26)16(24)23-6-4-22(5-7-23)10-12-3-8-27-11-12/h1-2,9,12,21H,3-8,10-11H2,(H,25,26)/p-1. The van der Waals surface area contributed by atoms with E-state index in [-0.39, 0.29) is 5.56 Å². The van der Waals surface area contributed by atoms with E-state index in [0.717, 1.165) is 38.3 Å². The van der Waals surface area contributed by atoms with Gasteiger partial charge < -0.3 is 23.6 Å². The molecule has 12 heteroatoms. The number of hydrogen-bond acceptors (Lipinski definition) is 6. The van der Waals surface area contributed by atoms with Gasteiger partial charge in [-0.2, -0.15) is 0 Å². The number of anilines is 1. The highest BCUT2D eigenvalue weighted by atomic mass is 32.2. The highest BCUT2D eigenvalue weighted by Gasteiger charge is 2.33. The number of alkyl halides is 3. The van der Waals surface area contributed by atoms with Crippen molar-refractivity contribution in [2.24, 2.45) is 5.92 Å². The normalized spacial score (nSPS) is 21.8. The van der Waals surface area contributed by atoms with Gasteiger partial charge in [0.15, 0.2) is 5.75 Å². The Labute approximate surface area is 168 Å². The van der Waals surface area contributed by atoms with Gasteiger partial charge in [0.05, 0.1) is 12.3 Å². The van der Waals surface area contributed by atoms with Gasteiger partial charge in [0.2, 0.25) is 0 Å². The minimum Gasteiger partial charge on any atom is -0.755 e. The number of halogens is 3. The molecular formula is C17H21F3N3O5S-. The summed E-state index contributed by atoms with van der Waals surface area (Å²) in [6.45, 7) is 4.66. The van der Waals surface area contributed by atoms with Crippen LogP contribution in [0.4, 0.5) is 18.9 Å². The van der Waals surface area contributed by atoms with Crippen LogP contribution in [0, 0.1) is 5.92 Å². The Morgan fingerprint density at radius 2 is 2.03 bits per heavy atom. The van der Waals surface area contributed by atoms with Crippen molar-refractivity contribution >= 4 is 22.9 Å². The molecule has 0 aromatic heterocycles. The summed E-state index contributed by atoms with van der Waals surface area (Å²) in [5.74, 6) is -0.728. The fourth-order valence-corrected chi connectivity index (χ4v) is 3.80. The Hall–Kier alpha value is -1.89. The number of amides is 1. The maximum atomic E-state index is 12.7. The van der Waals surface area contributed by atoms with Gasteiger partial charge in [-0.1, -0.05) is 0 Å². The average molecular weight is 436 g/mol. The smallest absolute Gasteiger partial charge is 0.573 e. The summed E-state index contributed by atoms with van der Waals surface area (Å²) in [7, 11) is 0. The van der Waals surface area contributed by atoms with Crippen LogP contribution >= 0.6 is 0 Å².